The molecule has 0 aliphatic carbocycles. The quantitative estimate of drug-likeness (QED) is 0.532. The van der Waals surface area contributed by atoms with E-state index in [-0.39, 0.29) is 12.0 Å². The minimum absolute atomic E-state index is 0.199. The van der Waals surface area contributed by atoms with Gasteiger partial charge in [-0.15, -0.1) is 0 Å². The van der Waals surface area contributed by atoms with E-state index >= 15 is 0 Å². The van der Waals surface area contributed by atoms with E-state index in [1.54, 1.807) is 4.90 Å². The second kappa shape index (κ2) is 9.20. The van der Waals surface area contributed by atoms with Crippen molar-refractivity contribution >= 4 is 23.3 Å². The summed E-state index contributed by atoms with van der Waals surface area (Å²) in [5.74, 6) is 0.517. The van der Waals surface area contributed by atoms with Crippen LogP contribution in [0.3, 0.4) is 0 Å². The summed E-state index contributed by atoms with van der Waals surface area (Å²) in [4.78, 5) is 16.8. The number of benzene rings is 2. The van der Waals surface area contributed by atoms with Crippen molar-refractivity contribution in [2.45, 2.75) is 25.4 Å². The summed E-state index contributed by atoms with van der Waals surface area (Å²) in [5, 5.41) is 0. The van der Waals surface area contributed by atoms with Crippen molar-refractivity contribution in [1.29, 1.82) is 0 Å². The van der Waals surface area contributed by atoms with Crippen molar-refractivity contribution in [3.63, 3.8) is 0 Å². The lowest BCUT2D eigenvalue weighted by atomic mass is 10.1. The van der Waals surface area contributed by atoms with E-state index in [9.17, 15) is 13.2 Å². The maximum atomic E-state index is 12.8. The first-order valence-electron chi connectivity index (χ1n) is 10.1. The molecule has 0 amide bonds. The molecule has 4 rings (SSSR count). The predicted octanol–water partition coefficient (Wildman–Crippen LogP) is 5.27. The highest BCUT2D eigenvalue weighted by molar-refractivity contribution is 5.72. The fourth-order valence-corrected chi connectivity index (χ4v) is 3.42. The number of ether oxygens (including phenoxy) is 1. The normalized spacial score (nSPS) is 14.4. The molecule has 3 aromatic rings. The van der Waals surface area contributed by atoms with Gasteiger partial charge in [0.1, 0.15) is 0 Å². The fourth-order valence-electron chi connectivity index (χ4n) is 3.42. The Morgan fingerprint density at radius 1 is 0.806 bits per heavy atom. The van der Waals surface area contributed by atoms with Crippen LogP contribution in [0.1, 0.15) is 19.3 Å². The maximum Gasteiger partial charge on any atom is 0.422 e. The summed E-state index contributed by atoms with van der Waals surface area (Å²) in [6.45, 7) is 0.00421. The monoisotopic (exact) mass is 429 g/mol. The average Bonchev–Trinajstić information content (AvgIpc) is 2.79. The van der Waals surface area contributed by atoms with Crippen LogP contribution in [0.2, 0.25) is 0 Å². The molecule has 1 saturated heterocycles. The highest BCUT2D eigenvalue weighted by atomic mass is 19.4. The van der Waals surface area contributed by atoms with Gasteiger partial charge in [0, 0.05) is 24.5 Å². The third-order valence-corrected chi connectivity index (χ3v) is 4.82. The van der Waals surface area contributed by atoms with Gasteiger partial charge in [-0.25, -0.2) is 0 Å². The van der Waals surface area contributed by atoms with E-state index in [1.165, 1.54) is 0 Å². The number of nitrogens with zero attached hydrogens (tertiary/aromatic N) is 5. The summed E-state index contributed by atoms with van der Waals surface area (Å²) in [5.41, 5.74) is 1.54. The van der Waals surface area contributed by atoms with Gasteiger partial charge in [-0.2, -0.15) is 28.1 Å². The van der Waals surface area contributed by atoms with E-state index in [1.807, 2.05) is 65.6 Å². The van der Waals surface area contributed by atoms with Crippen molar-refractivity contribution < 1.29 is 17.9 Å². The molecule has 0 bridgehead atoms. The van der Waals surface area contributed by atoms with Crippen LogP contribution in [0.5, 0.6) is 6.01 Å². The van der Waals surface area contributed by atoms with E-state index < -0.39 is 12.8 Å². The third kappa shape index (κ3) is 5.42. The molecule has 2 aromatic carbocycles. The Morgan fingerprint density at radius 3 is 1.94 bits per heavy atom. The van der Waals surface area contributed by atoms with Gasteiger partial charge in [0.25, 0.3) is 0 Å². The molecule has 1 fully saturated rings. The van der Waals surface area contributed by atoms with Crippen molar-refractivity contribution in [1.82, 2.24) is 15.0 Å². The van der Waals surface area contributed by atoms with Crippen LogP contribution in [0.4, 0.5) is 36.4 Å². The molecule has 0 N–H and O–H groups in total. The van der Waals surface area contributed by atoms with Gasteiger partial charge in [-0.1, -0.05) is 36.4 Å². The highest BCUT2D eigenvalue weighted by Gasteiger charge is 2.30. The number of rotatable bonds is 6. The van der Waals surface area contributed by atoms with Gasteiger partial charge in [-0.3, -0.25) is 4.90 Å². The molecular formula is C22H22F3N5O. The lowest BCUT2D eigenvalue weighted by Crippen LogP contribution is -2.32. The SMILES string of the molecule is FC(F)(F)COc1nc(N2CCCCC2)nc(N(c2ccccc2)c2ccccc2)n1. The minimum atomic E-state index is -4.49. The first-order valence-corrected chi connectivity index (χ1v) is 10.1. The predicted molar refractivity (Wildman–Crippen MR) is 112 cm³/mol. The molecule has 0 radical (unpaired) electrons. The van der Waals surface area contributed by atoms with E-state index in [2.05, 4.69) is 15.0 Å². The fraction of sp³-hybridized carbons (Fsp3) is 0.318. The molecule has 2 heterocycles. The van der Waals surface area contributed by atoms with Crippen molar-refractivity contribution in [2.75, 3.05) is 29.5 Å². The lowest BCUT2D eigenvalue weighted by Gasteiger charge is -2.28. The van der Waals surface area contributed by atoms with Crippen LogP contribution in [-0.4, -0.2) is 40.8 Å². The Morgan fingerprint density at radius 2 is 1.39 bits per heavy atom. The molecule has 162 valence electrons. The van der Waals surface area contributed by atoms with Gasteiger partial charge < -0.3 is 9.64 Å². The van der Waals surface area contributed by atoms with Crippen molar-refractivity contribution in [2.24, 2.45) is 0 Å². The maximum absolute atomic E-state index is 12.8. The Balaban J connectivity index is 1.79. The molecule has 31 heavy (non-hydrogen) atoms. The van der Waals surface area contributed by atoms with Crippen molar-refractivity contribution in [3.05, 3.63) is 60.7 Å². The van der Waals surface area contributed by atoms with Crippen LogP contribution in [-0.2, 0) is 0 Å². The number of halogens is 3. The number of hydrogen-bond acceptors (Lipinski definition) is 6. The minimum Gasteiger partial charge on any atom is -0.454 e. The largest absolute Gasteiger partial charge is 0.454 e. The molecule has 0 unspecified atom stereocenters. The molecule has 0 atom stereocenters. The molecule has 1 aliphatic heterocycles. The summed E-state index contributed by atoms with van der Waals surface area (Å²) >= 11 is 0. The van der Waals surface area contributed by atoms with E-state index in [4.69, 9.17) is 4.74 Å². The summed E-state index contributed by atoms with van der Waals surface area (Å²) in [6, 6.07) is 18.5. The van der Waals surface area contributed by atoms with Gasteiger partial charge >= 0.3 is 12.2 Å². The molecular weight excluding hydrogens is 407 g/mol. The van der Waals surface area contributed by atoms with Crippen LogP contribution >= 0.6 is 0 Å². The Hall–Kier alpha value is -3.36. The number of piperidine rings is 1. The van der Waals surface area contributed by atoms with Gasteiger partial charge in [0.05, 0.1) is 0 Å². The highest BCUT2D eigenvalue weighted by Crippen LogP contribution is 2.33. The third-order valence-electron chi connectivity index (χ3n) is 4.82. The Labute approximate surface area is 178 Å². The summed E-state index contributed by atoms with van der Waals surface area (Å²) in [6.07, 6.45) is -1.44. The molecule has 9 heteroatoms. The zero-order valence-electron chi connectivity index (χ0n) is 16.8. The van der Waals surface area contributed by atoms with Gasteiger partial charge in [-0.05, 0) is 43.5 Å². The molecule has 6 nitrogen and oxygen atoms in total. The number of para-hydroxylation sites is 2. The van der Waals surface area contributed by atoms with Crippen molar-refractivity contribution in [3.8, 4) is 6.01 Å². The van der Waals surface area contributed by atoms with Gasteiger partial charge in [0.15, 0.2) is 6.61 Å². The average molecular weight is 429 g/mol. The molecule has 0 saturated carbocycles. The zero-order chi connectivity index (χ0) is 21.7. The summed E-state index contributed by atoms with van der Waals surface area (Å²) < 4.78 is 43.2. The lowest BCUT2D eigenvalue weighted by molar-refractivity contribution is -0.154. The van der Waals surface area contributed by atoms with Crippen LogP contribution < -0.4 is 14.5 Å². The topological polar surface area (TPSA) is 54.4 Å². The van der Waals surface area contributed by atoms with E-state index in [0.717, 1.165) is 43.7 Å². The second-order valence-electron chi connectivity index (χ2n) is 7.18. The van der Waals surface area contributed by atoms with Crippen LogP contribution in [0.25, 0.3) is 0 Å². The number of alkyl halides is 3. The van der Waals surface area contributed by atoms with Crippen LogP contribution in [0, 0.1) is 0 Å². The molecule has 0 spiro atoms. The summed E-state index contributed by atoms with van der Waals surface area (Å²) in [7, 11) is 0. The van der Waals surface area contributed by atoms with Gasteiger partial charge in [0.2, 0.25) is 11.9 Å². The molecule has 1 aliphatic rings. The number of aromatic nitrogens is 3. The van der Waals surface area contributed by atoms with Crippen LogP contribution in [0.15, 0.2) is 60.7 Å². The Kier molecular flexibility index (Phi) is 6.20. The smallest absolute Gasteiger partial charge is 0.422 e. The molecule has 1 aromatic heterocycles. The number of anilines is 4. The first kappa shape index (κ1) is 20.9. The second-order valence-corrected chi connectivity index (χ2v) is 7.18. The first-order chi connectivity index (χ1) is 15.0. The zero-order valence-corrected chi connectivity index (χ0v) is 16.8. The number of hydrogen-bond donors (Lipinski definition) is 0. The van der Waals surface area contributed by atoms with E-state index in [0.29, 0.717) is 5.95 Å². The Bertz CT molecular complexity index is 940. The standard InChI is InChI=1S/C22H22F3N5O/c23-22(24,25)16-31-21-27-19(29-14-8-3-9-15-29)26-20(28-21)30(17-10-4-1-5-11-17)18-12-6-2-7-13-18/h1-2,4-7,10-13H,3,8-9,14-16H2.